The minimum atomic E-state index is -0.754. The van der Waals surface area contributed by atoms with E-state index in [2.05, 4.69) is 0 Å². The number of imide groups is 1. The normalized spacial score (nSPS) is 19.4. The minimum Gasteiger partial charge on any atom is -0.493 e. The number of carbonyl (C=O) groups is 2. The van der Waals surface area contributed by atoms with Gasteiger partial charge in [-0.25, -0.2) is 0 Å². The highest BCUT2D eigenvalue weighted by Gasteiger charge is 2.48. The zero-order valence-electron chi connectivity index (χ0n) is 15.7. The lowest BCUT2D eigenvalue weighted by atomic mass is 9.99. The number of amides is 2. The lowest BCUT2D eigenvalue weighted by molar-refractivity contribution is -0.129. The molecule has 0 spiro atoms. The van der Waals surface area contributed by atoms with Crippen LogP contribution in [0.1, 0.15) is 18.1 Å². The van der Waals surface area contributed by atoms with Gasteiger partial charge in [-0.2, -0.15) is 0 Å². The molecule has 1 aliphatic rings. The first-order chi connectivity index (χ1) is 13.0. The molecule has 0 saturated carbocycles. The molecular weight excluding hydrogens is 362 g/mol. The van der Waals surface area contributed by atoms with Crippen LogP contribution < -0.4 is 9.47 Å². The van der Waals surface area contributed by atoms with Crippen molar-refractivity contribution in [3.05, 3.63) is 59.7 Å². The molecule has 1 heterocycles. The third kappa shape index (κ3) is 4.11. The van der Waals surface area contributed by atoms with Crippen molar-refractivity contribution >= 4 is 22.9 Å². The van der Waals surface area contributed by atoms with E-state index in [-0.39, 0.29) is 11.1 Å². The Morgan fingerprint density at radius 2 is 1.67 bits per heavy atom. The standard InChI is InChI=1S/C21H23NO4S/c1-21(14-16-7-5-4-6-8-16)19(23)22(20(24)27-21)12-11-15-9-10-17(25-2)18(13-15)26-3/h4-10,13H,11-12,14H2,1-3H3/t21-/m1/s1. The Labute approximate surface area is 163 Å². The second-order valence-electron chi connectivity index (χ2n) is 6.66. The van der Waals surface area contributed by atoms with Gasteiger partial charge >= 0.3 is 0 Å². The van der Waals surface area contributed by atoms with Crippen LogP contribution in [0.2, 0.25) is 0 Å². The molecule has 5 nitrogen and oxygen atoms in total. The van der Waals surface area contributed by atoms with Crippen LogP contribution >= 0.6 is 11.8 Å². The van der Waals surface area contributed by atoms with E-state index in [9.17, 15) is 9.59 Å². The Morgan fingerprint density at radius 1 is 0.963 bits per heavy atom. The summed E-state index contributed by atoms with van der Waals surface area (Å²) in [5, 5.41) is -0.182. The SMILES string of the molecule is COc1ccc(CCN2C(=O)S[C@](C)(Cc3ccccc3)C2=O)cc1OC. The zero-order valence-corrected chi connectivity index (χ0v) is 16.5. The summed E-state index contributed by atoms with van der Waals surface area (Å²) in [6.45, 7) is 2.20. The Morgan fingerprint density at radius 3 is 2.33 bits per heavy atom. The maximum atomic E-state index is 12.9. The fourth-order valence-corrected chi connectivity index (χ4v) is 4.33. The predicted octanol–water partition coefficient (Wildman–Crippen LogP) is 3.94. The molecule has 0 unspecified atom stereocenters. The third-order valence-corrected chi connectivity index (χ3v) is 5.85. The van der Waals surface area contributed by atoms with Crippen LogP contribution in [0.3, 0.4) is 0 Å². The zero-order chi connectivity index (χ0) is 19.4. The Kier molecular flexibility index (Phi) is 5.75. The Bertz CT molecular complexity index is 839. The van der Waals surface area contributed by atoms with Crippen LogP contribution in [0, 0.1) is 0 Å². The summed E-state index contributed by atoms with van der Waals surface area (Å²) in [4.78, 5) is 26.8. The molecule has 6 heteroatoms. The number of benzene rings is 2. The van der Waals surface area contributed by atoms with Crippen molar-refractivity contribution in [3.63, 3.8) is 0 Å². The predicted molar refractivity (Wildman–Crippen MR) is 107 cm³/mol. The maximum absolute atomic E-state index is 12.9. The van der Waals surface area contributed by atoms with E-state index in [1.54, 1.807) is 14.2 Å². The summed E-state index contributed by atoms with van der Waals surface area (Å²) in [6, 6.07) is 15.4. The van der Waals surface area contributed by atoms with Crippen LogP contribution in [0.15, 0.2) is 48.5 Å². The molecule has 1 atom stereocenters. The molecule has 3 rings (SSSR count). The summed E-state index contributed by atoms with van der Waals surface area (Å²) in [5.74, 6) is 1.17. The van der Waals surface area contributed by atoms with Crippen LogP contribution in [0.5, 0.6) is 11.5 Å². The van der Waals surface area contributed by atoms with Gasteiger partial charge in [0.1, 0.15) is 4.75 Å². The van der Waals surface area contributed by atoms with E-state index in [4.69, 9.17) is 9.47 Å². The fourth-order valence-electron chi connectivity index (χ4n) is 3.23. The summed E-state index contributed by atoms with van der Waals surface area (Å²) in [5.41, 5.74) is 2.03. The molecule has 0 aromatic heterocycles. The van der Waals surface area contributed by atoms with E-state index < -0.39 is 4.75 Å². The van der Waals surface area contributed by atoms with Gasteiger partial charge < -0.3 is 9.47 Å². The van der Waals surface area contributed by atoms with Gasteiger partial charge in [-0.1, -0.05) is 36.4 Å². The molecular formula is C21H23NO4S. The van der Waals surface area contributed by atoms with Gasteiger partial charge in [-0.05, 0) is 54.8 Å². The first kappa shape index (κ1) is 19.3. The molecule has 1 fully saturated rings. The maximum Gasteiger partial charge on any atom is 0.289 e. The van der Waals surface area contributed by atoms with Crippen molar-refractivity contribution in [2.45, 2.75) is 24.5 Å². The fraction of sp³-hybridized carbons (Fsp3) is 0.333. The molecule has 142 valence electrons. The number of rotatable bonds is 7. The summed E-state index contributed by atoms with van der Waals surface area (Å²) in [7, 11) is 3.17. The van der Waals surface area contributed by atoms with Crippen LogP contribution in [-0.2, 0) is 17.6 Å². The highest BCUT2D eigenvalue weighted by atomic mass is 32.2. The van der Waals surface area contributed by atoms with Crippen molar-refractivity contribution in [1.29, 1.82) is 0 Å². The van der Waals surface area contributed by atoms with Crippen LogP contribution in [0.25, 0.3) is 0 Å². The molecule has 2 aromatic rings. The summed E-state index contributed by atoms with van der Waals surface area (Å²) < 4.78 is 9.80. The van der Waals surface area contributed by atoms with Crippen molar-refractivity contribution in [2.75, 3.05) is 20.8 Å². The highest BCUT2D eigenvalue weighted by Crippen LogP contribution is 2.40. The average Bonchev–Trinajstić information content (AvgIpc) is 2.88. The first-order valence-corrected chi connectivity index (χ1v) is 9.58. The van der Waals surface area contributed by atoms with Crippen molar-refractivity contribution in [2.24, 2.45) is 0 Å². The molecule has 0 N–H and O–H groups in total. The van der Waals surface area contributed by atoms with Crippen LogP contribution in [0.4, 0.5) is 4.79 Å². The Balaban J connectivity index is 1.69. The lowest BCUT2D eigenvalue weighted by Crippen LogP contribution is -2.39. The number of thioether (sulfide) groups is 1. The largest absolute Gasteiger partial charge is 0.493 e. The molecule has 0 aliphatic carbocycles. The van der Waals surface area contributed by atoms with E-state index in [1.807, 2.05) is 55.5 Å². The monoisotopic (exact) mass is 385 g/mol. The second-order valence-corrected chi connectivity index (χ2v) is 8.11. The number of carbonyl (C=O) groups excluding carboxylic acids is 2. The average molecular weight is 385 g/mol. The molecule has 2 aromatic carbocycles. The Hall–Kier alpha value is -2.47. The van der Waals surface area contributed by atoms with Gasteiger partial charge in [-0.15, -0.1) is 0 Å². The van der Waals surface area contributed by atoms with Crippen molar-refractivity contribution < 1.29 is 19.1 Å². The highest BCUT2D eigenvalue weighted by molar-refractivity contribution is 8.16. The van der Waals surface area contributed by atoms with E-state index in [0.717, 1.165) is 22.9 Å². The van der Waals surface area contributed by atoms with Gasteiger partial charge in [-0.3, -0.25) is 14.5 Å². The topological polar surface area (TPSA) is 55.8 Å². The number of nitrogens with zero attached hydrogens (tertiary/aromatic N) is 1. The van der Waals surface area contributed by atoms with E-state index in [0.29, 0.717) is 30.9 Å². The molecule has 27 heavy (non-hydrogen) atoms. The summed E-state index contributed by atoms with van der Waals surface area (Å²) in [6.07, 6.45) is 1.11. The van der Waals surface area contributed by atoms with Crippen LogP contribution in [-0.4, -0.2) is 41.6 Å². The van der Waals surface area contributed by atoms with Crippen molar-refractivity contribution in [3.8, 4) is 11.5 Å². The molecule has 2 amide bonds. The minimum absolute atomic E-state index is 0.123. The molecule has 0 bridgehead atoms. The molecule has 0 radical (unpaired) electrons. The third-order valence-electron chi connectivity index (χ3n) is 4.69. The molecule has 1 aliphatic heterocycles. The van der Waals surface area contributed by atoms with Gasteiger partial charge in [0.25, 0.3) is 5.24 Å². The summed E-state index contributed by atoms with van der Waals surface area (Å²) >= 11 is 1.12. The number of methoxy groups -OCH3 is 2. The van der Waals surface area contributed by atoms with Crippen molar-refractivity contribution in [1.82, 2.24) is 4.90 Å². The number of hydrogen-bond acceptors (Lipinski definition) is 5. The van der Waals surface area contributed by atoms with Gasteiger partial charge in [0.05, 0.1) is 14.2 Å². The number of ether oxygens (including phenoxy) is 2. The number of hydrogen-bond donors (Lipinski definition) is 0. The van der Waals surface area contributed by atoms with E-state index in [1.165, 1.54) is 4.90 Å². The smallest absolute Gasteiger partial charge is 0.289 e. The quantitative estimate of drug-likeness (QED) is 0.722. The second kappa shape index (κ2) is 8.05. The van der Waals surface area contributed by atoms with Gasteiger partial charge in [0.15, 0.2) is 11.5 Å². The van der Waals surface area contributed by atoms with Gasteiger partial charge in [0.2, 0.25) is 5.91 Å². The van der Waals surface area contributed by atoms with E-state index >= 15 is 0 Å². The lowest BCUT2D eigenvalue weighted by Gasteiger charge is -2.21. The van der Waals surface area contributed by atoms with Gasteiger partial charge in [0, 0.05) is 6.54 Å². The molecule has 1 saturated heterocycles. The first-order valence-electron chi connectivity index (χ1n) is 8.76.